The summed E-state index contributed by atoms with van der Waals surface area (Å²) >= 11 is 8.15. The minimum Gasteiger partial charge on any atom is -0.444 e. The predicted octanol–water partition coefficient (Wildman–Crippen LogP) is 1.33. The number of carbonyl (C=O) groups excluding carboxylic acids is 1. The minimum absolute atomic E-state index is 0.191. The number of halogens is 1. The zero-order valence-corrected chi connectivity index (χ0v) is 12.5. The largest absolute Gasteiger partial charge is 0.444 e. The Bertz CT molecular complexity index is 460. The van der Waals surface area contributed by atoms with Crippen LogP contribution in [0.1, 0.15) is 23.4 Å². The quantitative estimate of drug-likeness (QED) is 0.565. The smallest absolute Gasteiger partial charge is 0.305 e. The third-order valence-corrected chi connectivity index (χ3v) is 3.27. The van der Waals surface area contributed by atoms with Gasteiger partial charge in [0.05, 0.1) is 6.10 Å². The van der Waals surface area contributed by atoms with Crippen LogP contribution in [0.5, 0.6) is 0 Å². The maximum absolute atomic E-state index is 11.6. The zero-order valence-electron chi connectivity index (χ0n) is 10.1. The third kappa shape index (κ3) is 4.48. The number of rotatable bonds is 3. The number of amides is 1. The van der Waals surface area contributed by atoms with Crippen LogP contribution in [0.3, 0.4) is 0 Å². The summed E-state index contributed by atoms with van der Waals surface area (Å²) in [6, 6.07) is 3.20. The fraction of sp³-hybridized carbons (Fsp3) is 0.455. The SMILES string of the molecule is O=C(NNC(=S)NC[C@H]1CCCO1)c1ccc(Br)o1. The van der Waals surface area contributed by atoms with Gasteiger partial charge in [0.1, 0.15) is 0 Å². The van der Waals surface area contributed by atoms with E-state index in [-0.39, 0.29) is 11.9 Å². The Labute approximate surface area is 124 Å². The molecule has 0 unspecified atom stereocenters. The molecule has 0 saturated carbocycles. The molecule has 1 aromatic rings. The number of hydrogen-bond acceptors (Lipinski definition) is 4. The van der Waals surface area contributed by atoms with E-state index < -0.39 is 5.91 Å². The van der Waals surface area contributed by atoms with Crippen LogP contribution in [0.25, 0.3) is 0 Å². The van der Waals surface area contributed by atoms with Crippen molar-refractivity contribution in [2.75, 3.05) is 13.2 Å². The molecule has 0 radical (unpaired) electrons. The highest BCUT2D eigenvalue weighted by Gasteiger charge is 2.15. The highest BCUT2D eigenvalue weighted by Crippen LogP contribution is 2.13. The molecule has 19 heavy (non-hydrogen) atoms. The second-order valence-electron chi connectivity index (χ2n) is 4.03. The normalized spacial score (nSPS) is 18.1. The molecule has 1 aliphatic rings. The molecule has 1 fully saturated rings. The van der Waals surface area contributed by atoms with Gasteiger partial charge in [-0.1, -0.05) is 0 Å². The molecule has 0 aromatic carbocycles. The molecule has 1 aromatic heterocycles. The number of carbonyl (C=O) groups is 1. The fourth-order valence-electron chi connectivity index (χ4n) is 1.67. The van der Waals surface area contributed by atoms with E-state index in [4.69, 9.17) is 21.4 Å². The van der Waals surface area contributed by atoms with E-state index in [1.54, 1.807) is 12.1 Å². The van der Waals surface area contributed by atoms with Crippen LogP contribution in [-0.4, -0.2) is 30.3 Å². The standard InChI is InChI=1S/C11H14BrN3O3S/c12-9-4-3-8(18-9)10(16)14-15-11(19)13-6-7-2-1-5-17-7/h3-4,7H,1-2,5-6H2,(H,14,16)(H2,13,15,19)/t7-/m1/s1. The van der Waals surface area contributed by atoms with Gasteiger partial charge in [0, 0.05) is 13.2 Å². The Hall–Kier alpha value is -1.12. The molecule has 1 saturated heterocycles. The van der Waals surface area contributed by atoms with Crippen molar-refractivity contribution in [3.8, 4) is 0 Å². The molecule has 2 heterocycles. The second-order valence-corrected chi connectivity index (χ2v) is 5.22. The summed E-state index contributed by atoms with van der Waals surface area (Å²) in [4.78, 5) is 11.6. The first-order valence-electron chi connectivity index (χ1n) is 5.86. The molecular weight excluding hydrogens is 334 g/mol. The van der Waals surface area contributed by atoms with Gasteiger partial charge in [-0.15, -0.1) is 0 Å². The molecule has 0 bridgehead atoms. The van der Waals surface area contributed by atoms with Crippen molar-refractivity contribution in [2.24, 2.45) is 0 Å². The summed E-state index contributed by atoms with van der Waals surface area (Å²) in [6.07, 6.45) is 2.30. The lowest BCUT2D eigenvalue weighted by atomic mass is 10.2. The van der Waals surface area contributed by atoms with Gasteiger partial charge in [0.15, 0.2) is 15.5 Å². The van der Waals surface area contributed by atoms with Gasteiger partial charge < -0.3 is 14.5 Å². The zero-order chi connectivity index (χ0) is 13.7. The molecule has 6 nitrogen and oxygen atoms in total. The van der Waals surface area contributed by atoms with Gasteiger partial charge in [-0.25, -0.2) is 0 Å². The van der Waals surface area contributed by atoms with E-state index in [1.165, 1.54) is 0 Å². The summed E-state index contributed by atoms with van der Waals surface area (Å²) in [6.45, 7) is 1.44. The average molecular weight is 348 g/mol. The predicted molar refractivity (Wildman–Crippen MR) is 76.6 cm³/mol. The van der Waals surface area contributed by atoms with Crippen LogP contribution in [0.4, 0.5) is 0 Å². The van der Waals surface area contributed by atoms with E-state index in [9.17, 15) is 4.79 Å². The van der Waals surface area contributed by atoms with Crippen molar-refractivity contribution in [3.63, 3.8) is 0 Å². The van der Waals surface area contributed by atoms with Crippen LogP contribution in [0, 0.1) is 0 Å². The van der Waals surface area contributed by atoms with Crippen LogP contribution in [-0.2, 0) is 4.74 Å². The molecule has 8 heteroatoms. The van der Waals surface area contributed by atoms with Gasteiger partial charge >= 0.3 is 5.91 Å². The highest BCUT2D eigenvalue weighted by atomic mass is 79.9. The first-order chi connectivity index (χ1) is 9.15. The third-order valence-electron chi connectivity index (χ3n) is 2.60. The van der Waals surface area contributed by atoms with E-state index >= 15 is 0 Å². The summed E-state index contributed by atoms with van der Waals surface area (Å²) in [5.41, 5.74) is 5.04. The van der Waals surface area contributed by atoms with Gasteiger partial charge in [-0.2, -0.15) is 0 Å². The van der Waals surface area contributed by atoms with Crippen molar-refractivity contribution in [3.05, 3.63) is 22.6 Å². The molecule has 3 N–H and O–H groups in total. The van der Waals surface area contributed by atoms with E-state index in [0.29, 0.717) is 16.3 Å². The van der Waals surface area contributed by atoms with Crippen LogP contribution < -0.4 is 16.2 Å². The number of furan rings is 1. The molecule has 1 amide bonds. The number of thiocarbonyl (C=S) groups is 1. The monoisotopic (exact) mass is 347 g/mol. The van der Waals surface area contributed by atoms with Crippen LogP contribution in [0.2, 0.25) is 0 Å². The molecular formula is C11H14BrN3O3S. The van der Waals surface area contributed by atoms with Crippen molar-refractivity contribution >= 4 is 39.2 Å². The number of hydrazine groups is 1. The van der Waals surface area contributed by atoms with Gasteiger partial charge in [-0.05, 0) is 53.1 Å². The molecule has 0 spiro atoms. The van der Waals surface area contributed by atoms with Gasteiger partial charge in [0.25, 0.3) is 0 Å². The Morgan fingerprint density at radius 1 is 1.47 bits per heavy atom. The van der Waals surface area contributed by atoms with Crippen LogP contribution in [0.15, 0.2) is 21.2 Å². The van der Waals surface area contributed by atoms with E-state index in [1.807, 2.05) is 0 Å². The minimum atomic E-state index is -0.396. The topological polar surface area (TPSA) is 75.5 Å². The molecule has 2 rings (SSSR count). The van der Waals surface area contributed by atoms with Gasteiger partial charge in [0.2, 0.25) is 0 Å². The number of nitrogens with one attached hydrogen (secondary N) is 3. The highest BCUT2D eigenvalue weighted by molar-refractivity contribution is 9.10. The first-order valence-corrected chi connectivity index (χ1v) is 7.06. The van der Waals surface area contributed by atoms with Crippen molar-refractivity contribution in [1.82, 2.24) is 16.2 Å². The van der Waals surface area contributed by atoms with Crippen molar-refractivity contribution < 1.29 is 13.9 Å². The molecule has 0 aliphatic carbocycles. The van der Waals surface area contributed by atoms with E-state index in [2.05, 4.69) is 32.1 Å². The maximum atomic E-state index is 11.6. The number of ether oxygens (including phenoxy) is 1. The molecule has 1 atom stereocenters. The maximum Gasteiger partial charge on any atom is 0.305 e. The van der Waals surface area contributed by atoms with Crippen LogP contribution >= 0.6 is 28.1 Å². The first kappa shape index (κ1) is 14.3. The van der Waals surface area contributed by atoms with E-state index in [0.717, 1.165) is 19.4 Å². The van der Waals surface area contributed by atoms with Crippen molar-refractivity contribution in [2.45, 2.75) is 18.9 Å². The lowest BCUT2D eigenvalue weighted by Gasteiger charge is -2.13. The average Bonchev–Trinajstić information content (AvgIpc) is 3.04. The molecule has 104 valence electrons. The number of hydrogen-bond donors (Lipinski definition) is 3. The Morgan fingerprint density at radius 2 is 2.32 bits per heavy atom. The fourth-order valence-corrected chi connectivity index (χ4v) is 2.11. The summed E-state index contributed by atoms with van der Waals surface area (Å²) < 4.78 is 11.0. The lowest BCUT2D eigenvalue weighted by molar-refractivity contribution is 0.0914. The second kappa shape index (κ2) is 6.88. The Balaban J connectivity index is 1.66. The Morgan fingerprint density at radius 3 is 2.95 bits per heavy atom. The lowest BCUT2D eigenvalue weighted by Crippen LogP contribution is -2.48. The Kier molecular flexibility index (Phi) is 5.17. The molecule has 1 aliphatic heterocycles. The van der Waals surface area contributed by atoms with Crippen molar-refractivity contribution in [1.29, 1.82) is 0 Å². The summed E-state index contributed by atoms with van der Waals surface area (Å²) in [5.74, 6) is -0.201. The summed E-state index contributed by atoms with van der Waals surface area (Å²) in [5, 5.41) is 3.32. The summed E-state index contributed by atoms with van der Waals surface area (Å²) in [7, 11) is 0. The van der Waals surface area contributed by atoms with Gasteiger partial charge in [-0.3, -0.25) is 15.6 Å².